The second kappa shape index (κ2) is 14.1. The number of carbonyl (C=O) groups excluding carboxylic acids is 4. The van der Waals surface area contributed by atoms with E-state index in [0.29, 0.717) is 47.5 Å². The van der Waals surface area contributed by atoms with Crippen molar-refractivity contribution >= 4 is 35.0 Å². The number of aromatic nitrogens is 3. The summed E-state index contributed by atoms with van der Waals surface area (Å²) in [4.78, 5) is 65.2. The van der Waals surface area contributed by atoms with Crippen LogP contribution in [0.4, 0.5) is 11.4 Å². The Labute approximate surface area is 282 Å². The molecule has 2 saturated heterocycles. The summed E-state index contributed by atoms with van der Waals surface area (Å²) < 4.78 is 6.04. The Morgan fingerprint density at radius 3 is 1.65 bits per heavy atom. The molecule has 4 amide bonds. The van der Waals surface area contributed by atoms with Crippen LogP contribution in [0.25, 0.3) is 22.8 Å². The Hall–Kier alpha value is -5.91. The lowest BCUT2D eigenvalue weighted by molar-refractivity contribution is -0.117. The maximum Gasteiger partial charge on any atom is 0.270 e. The van der Waals surface area contributed by atoms with E-state index < -0.39 is 0 Å². The van der Waals surface area contributed by atoms with Gasteiger partial charge in [-0.05, 0) is 98.5 Å². The number of likely N-dealkylation sites (tertiary alicyclic amines) is 2. The molecule has 7 rings (SSSR count). The third-order valence-electron chi connectivity index (χ3n) is 9.15. The van der Waals surface area contributed by atoms with Crippen LogP contribution in [0.15, 0.2) is 95.8 Å². The fraction of sp³-hybridized carbons (Fsp3) is 0.270. The highest BCUT2D eigenvalue weighted by atomic mass is 16.4. The summed E-state index contributed by atoms with van der Waals surface area (Å²) in [6.07, 6.45) is 8.89. The highest BCUT2D eigenvalue weighted by Crippen LogP contribution is 2.29. The largest absolute Gasteiger partial charge is 0.436 e. The third kappa shape index (κ3) is 7.18. The average Bonchev–Trinajstić information content (AvgIpc) is 3.95. The van der Waals surface area contributed by atoms with Gasteiger partial charge in [0.05, 0.1) is 6.20 Å². The second-order valence-corrected chi connectivity index (χ2v) is 12.4. The molecule has 0 aliphatic carbocycles. The van der Waals surface area contributed by atoms with Gasteiger partial charge in [0.25, 0.3) is 11.8 Å². The van der Waals surface area contributed by atoms with Crippen molar-refractivity contribution in [2.45, 2.75) is 50.6 Å². The number of nitrogens with zero attached hydrogens (tertiary/aromatic N) is 3. The molecule has 2 aliphatic rings. The van der Waals surface area contributed by atoms with Gasteiger partial charge in [-0.2, -0.15) is 0 Å². The minimum atomic E-state index is -0.148. The van der Waals surface area contributed by atoms with E-state index in [0.717, 1.165) is 36.8 Å². The second-order valence-electron chi connectivity index (χ2n) is 12.4. The number of benzene rings is 2. The van der Waals surface area contributed by atoms with Gasteiger partial charge >= 0.3 is 0 Å². The molecule has 12 heteroatoms. The van der Waals surface area contributed by atoms with Gasteiger partial charge in [0.15, 0.2) is 5.76 Å². The Kier molecular flexibility index (Phi) is 9.09. The summed E-state index contributed by atoms with van der Waals surface area (Å²) in [7, 11) is 0. The number of oxazole rings is 1. The fourth-order valence-corrected chi connectivity index (χ4v) is 6.67. The highest BCUT2D eigenvalue weighted by Gasteiger charge is 2.32. The number of hydrogen-bond donors (Lipinski definition) is 4. The predicted octanol–water partition coefficient (Wildman–Crippen LogP) is 5.93. The SMILES string of the molecule is O=C(C[C@@H]1CCCN1C(=O)c1ccc[nH]1)Nc1ccc(-c2cnc(-c3ccc(NC(=O)C[C@@H]4CCCN4C(=O)c4ccc[nH]4)cc3)o2)cc1. The van der Waals surface area contributed by atoms with Crippen molar-refractivity contribution < 1.29 is 23.6 Å². The molecule has 0 radical (unpaired) electrons. The Morgan fingerprint density at radius 2 is 1.18 bits per heavy atom. The average molecular weight is 660 g/mol. The summed E-state index contributed by atoms with van der Waals surface area (Å²) in [5, 5.41) is 5.88. The van der Waals surface area contributed by atoms with E-state index in [9.17, 15) is 19.2 Å². The zero-order valence-electron chi connectivity index (χ0n) is 26.9. The number of rotatable bonds is 10. The first-order valence-electron chi connectivity index (χ1n) is 16.6. The summed E-state index contributed by atoms with van der Waals surface area (Å²) >= 11 is 0. The highest BCUT2D eigenvalue weighted by molar-refractivity contribution is 5.96. The Balaban J connectivity index is 0.908. The maximum atomic E-state index is 12.9. The molecule has 0 saturated carbocycles. The number of hydrogen-bond acceptors (Lipinski definition) is 6. The van der Waals surface area contributed by atoms with Crippen molar-refractivity contribution in [2.75, 3.05) is 23.7 Å². The van der Waals surface area contributed by atoms with Crippen LogP contribution in [0.1, 0.15) is 59.5 Å². The van der Waals surface area contributed by atoms with Crippen LogP contribution in [0, 0.1) is 0 Å². The minimum absolute atomic E-state index is 0.0795. The molecule has 2 aromatic carbocycles. The van der Waals surface area contributed by atoms with Crippen LogP contribution in [0.2, 0.25) is 0 Å². The van der Waals surface area contributed by atoms with Crippen LogP contribution in [-0.2, 0) is 9.59 Å². The van der Waals surface area contributed by atoms with Crippen molar-refractivity contribution in [3.8, 4) is 22.8 Å². The van der Waals surface area contributed by atoms with Crippen LogP contribution in [0.3, 0.4) is 0 Å². The van der Waals surface area contributed by atoms with Gasteiger partial charge in [-0.25, -0.2) is 4.98 Å². The summed E-state index contributed by atoms with van der Waals surface area (Å²) in [5.74, 6) is 0.556. The van der Waals surface area contributed by atoms with Crippen LogP contribution >= 0.6 is 0 Å². The molecule has 49 heavy (non-hydrogen) atoms. The molecule has 250 valence electrons. The van der Waals surface area contributed by atoms with Crippen molar-refractivity contribution in [2.24, 2.45) is 0 Å². The number of carbonyl (C=O) groups is 4. The van der Waals surface area contributed by atoms with Crippen molar-refractivity contribution in [1.82, 2.24) is 24.8 Å². The predicted molar refractivity (Wildman–Crippen MR) is 184 cm³/mol. The molecule has 0 unspecified atom stereocenters. The number of nitrogens with one attached hydrogen (secondary N) is 4. The lowest BCUT2D eigenvalue weighted by Gasteiger charge is -2.24. The first kappa shape index (κ1) is 31.7. The smallest absolute Gasteiger partial charge is 0.270 e. The van der Waals surface area contributed by atoms with Crippen molar-refractivity contribution in [3.63, 3.8) is 0 Å². The molecule has 4 N–H and O–H groups in total. The van der Waals surface area contributed by atoms with Gasteiger partial charge in [0.2, 0.25) is 17.7 Å². The van der Waals surface area contributed by atoms with Crippen molar-refractivity contribution in [1.29, 1.82) is 0 Å². The minimum Gasteiger partial charge on any atom is -0.436 e. The Morgan fingerprint density at radius 1 is 0.694 bits per heavy atom. The summed E-state index contributed by atoms with van der Waals surface area (Å²) in [6.45, 7) is 1.28. The number of anilines is 2. The molecule has 2 atom stereocenters. The number of aromatic amines is 2. The quantitative estimate of drug-likeness (QED) is 0.146. The van der Waals surface area contributed by atoms with Gasteiger partial charge in [-0.3, -0.25) is 19.2 Å². The van der Waals surface area contributed by atoms with Crippen LogP contribution < -0.4 is 10.6 Å². The zero-order chi connectivity index (χ0) is 33.7. The molecule has 3 aromatic heterocycles. The normalized spacial score (nSPS) is 17.3. The van der Waals surface area contributed by atoms with Gasteiger partial charge in [0.1, 0.15) is 11.4 Å². The molecule has 0 bridgehead atoms. The topological polar surface area (TPSA) is 156 Å². The summed E-state index contributed by atoms with van der Waals surface area (Å²) in [5.41, 5.74) is 3.91. The molecular weight excluding hydrogens is 622 g/mol. The zero-order valence-corrected chi connectivity index (χ0v) is 26.9. The van der Waals surface area contributed by atoms with Crippen molar-refractivity contribution in [3.05, 3.63) is 103 Å². The van der Waals surface area contributed by atoms with E-state index in [4.69, 9.17) is 4.42 Å². The first-order valence-corrected chi connectivity index (χ1v) is 16.6. The fourth-order valence-electron chi connectivity index (χ4n) is 6.67. The van der Waals surface area contributed by atoms with Gasteiger partial charge in [-0.15, -0.1) is 0 Å². The van der Waals surface area contributed by atoms with Crippen LogP contribution in [-0.4, -0.2) is 73.6 Å². The molecule has 0 spiro atoms. The Bertz CT molecular complexity index is 1780. The molecular formula is C37H37N7O5. The van der Waals surface area contributed by atoms with E-state index in [1.807, 2.05) is 36.4 Å². The molecule has 5 aromatic rings. The molecule has 2 fully saturated rings. The van der Waals surface area contributed by atoms with Gasteiger partial charge < -0.3 is 34.8 Å². The van der Waals surface area contributed by atoms with E-state index in [-0.39, 0.29) is 48.6 Å². The number of H-pyrrole nitrogens is 2. The number of amides is 4. The van der Waals surface area contributed by atoms with E-state index in [1.165, 1.54) is 0 Å². The monoisotopic (exact) mass is 659 g/mol. The lowest BCUT2D eigenvalue weighted by Crippen LogP contribution is -2.38. The first-order chi connectivity index (χ1) is 23.9. The van der Waals surface area contributed by atoms with Gasteiger partial charge in [-0.1, -0.05) is 0 Å². The molecule has 5 heterocycles. The van der Waals surface area contributed by atoms with E-state index >= 15 is 0 Å². The third-order valence-corrected chi connectivity index (χ3v) is 9.15. The lowest BCUT2D eigenvalue weighted by atomic mass is 10.1. The summed E-state index contributed by atoms with van der Waals surface area (Å²) in [6, 6.07) is 21.4. The van der Waals surface area contributed by atoms with Gasteiger partial charge in [0, 0.05) is 72.9 Å². The standard InChI is InChI=1S/C37H37N7O5/c45-33(21-28-5-3-19-43(28)36(47)30-7-1-17-38-30)41-26-13-9-24(10-14-26)32-23-40-35(49-32)25-11-15-27(16-12-25)42-34(46)22-29-6-4-20-44(29)37(48)31-8-2-18-39-31/h1-2,7-18,23,28-29,38-39H,3-6,19-22H2,(H,41,45)(H,42,46)/t28-,29-/m0/s1. The van der Waals surface area contributed by atoms with E-state index in [1.54, 1.807) is 64.8 Å². The molecule has 12 nitrogen and oxygen atoms in total. The maximum absolute atomic E-state index is 12.9. The van der Waals surface area contributed by atoms with Crippen LogP contribution in [0.5, 0.6) is 0 Å². The van der Waals surface area contributed by atoms with E-state index in [2.05, 4.69) is 25.6 Å². The molecule has 2 aliphatic heterocycles.